The number of anilines is 1. The van der Waals surface area contributed by atoms with Gasteiger partial charge in [-0.05, 0) is 40.9 Å². The second-order valence-corrected chi connectivity index (χ2v) is 6.33. The summed E-state index contributed by atoms with van der Waals surface area (Å²) in [5, 5.41) is 3.18. The minimum Gasteiger partial charge on any atom is -0.294 e. The highest BCUT2D eigenvalue weighted by atomic mass is 79.9. The normalized spacial score (nSPS) is 16.1. The lowest BCUT2D eigenvalue weighted by atomic mass is 9.65. The summed E-state index contributed by atoms with van der Waals surface area (Å²) in [6.45, 7) is 0. The first kappa shape index (κ1) is 14.4. The summed E-state index contributed by atoms with van der Waals surface area (Å²) in [4.78, 5) is 25.0. The van der Waals surface area contributed by atoms with E-state index in [9.17, 15) is 4.79 Å². The molecule has 0 spiro atoms. The van der Waals surface area contributed by atoms with Crippen LogP contribution < -0.4 is 5.32 Å². The molecular formula is C14H12BrClN4O. The fourth-order valence-corrected chi connectivity index (χ4v) is 2.72. The molecule has 21 heavy (non-hydrogen) atoms. The molecule has 108 valence electrons. The smallest absolute Gasteiger partial charge is 0.238 e. The Hall–Kier alpha value is -1.53. The molecule has 2 aromatic heterocycles. The number of hydrogen-bond donors (Lipinski definition) is 1. The monoisotopic (exact) mass is 366 g/mol. The average molecular weight is 368 g/mol. The van der Waals surface area contributed by atoms with Gasteiger partial charge in [0.05, 0.1) is 28.5 Å². The summed E-state index contributed by atoms with van der Waals surface area (Å²) < 4.78 is 0.891. The number of aromatic nitrogens is 3. The van der Waals surface area contributed by atoms with Crippen molar-refractivity contribution in [2.24, 2.45) is 0 Å². The third-order valence-corrected chi connectivity index (χ3v) is 4.37. The quantitative estimate of drug-likeness (QED) is 0.903. The van der Waals surface area contributed by atoms with Gasteiger partial charge < -0.3 is 0 Å². The van der Waals surface area contributed by atoms with Crippen molar-refractivity contribution in [1.29, 1.82) is 0 Å². The van der Waals surface area contributed by atoms with Crippen LogP contribution in [-0.2, 0) is 10.2 Å². The zero-order chi connectivity index (χ0) is 14.9. The predicted molar refractivity (Wildman–Crippen MR) is 83.1 cm³/mol. The molecule has 2 aromatic rings. The predicted octanol–water partition coefficient (Wildman–Crippen LogP) is 3.35. The summed E-state index contributed by atoms with van der Waals surface area (Å²) in [6.07, 6.45) is 7.18. The zero-order valence-electron chi connectivity index (χ0n) is 11.0. The van der Waals surface area contributed by atoms with Crippen LogP contribution in [0.5, 0.6) is 0 Å². The molecule has 0 aliphatic heterocycles. The molecule has 2 heterocycles. The van der Waals surface area contributed by atoms with E-state index in [-0.39, 0.29) is 11.9 Å². The highest BCUT2D eigenvalue weighted by Gasteiger charge is 2.47. The van der Waals surface area contributed by atoms with Crippen molar-refractivity contribution >= 4 is 39.4 Å². The van der Waals surface area contributed by atoms with Crippen molar-refractivity contribution in [2.45, 2.75) is 24.7 Å². The summed E-state index contributed by atoms with van der Waals surface area (Å²) >= 11 is 9.09. The Kier molecular flexibility index (Phi) is 3.91. The van der Waals surface area contributed by atoms with Crippen LogP contribution in [0.2, 0.25) is 5.02 Å². The van der Waals surface area contributed by atoms with E-state index in [1.807, 2.05) is 12.1 Å². The molecular weight excluding hydrogens is 356 g/mol. The number of rotatable bonds is 3. The van der Waals surface area contributed by atoms with Crippen LogP contribution >= 0.6 is 27.5 Å². The van der Waals surface area contributed by atoms with Crippen molar-refractivity contribution in [2.75, 3.05) is 5.32 Å². The first-order chi connectivity index (χ1) is 10.1. The van der Waals surface area contributed by atoms with Crippen molar-refractivity contribution < 1.29 is 4.79 Å². The Morgan fingerprint density at radius 1 is 1.19 bits per heavy atom. The van der Waals surface area contributed by atoms with Gasteiger partial charge in [-0.2, -0.15) is 0 Å². The lowest BCUT2D eigenvalue weighted by Crippen LogP contribution is -2.46. The van der Waals surface area contributed by atoms with Crippen LogP contribution in [0.4, 0.5) is 5.95 Å². The number of carbonyl (C=O) groups excluding carboxylic acids is 1. The van der Waals surface area contributed by atoms with Crippen LogP contribution in [-0.4, -0.2) is 20.9 Å². The van der Waals surface area contributed by atoms with Crippen LogP contribution in [0.25, 0.3) is 0 Å². The fourth-order valence-electron chi connectivity index (χ4n) is 2.39. The third-order valence-electron chi connectivity index (χ3n) is 3.71. The second-order valence-electron chi connectivity index (χ2n) is 4.98. The third kappa shape index (κ3) is 2.78. The molecule has 1 amide bonds. The SMILES string of the molecule is O=C(Nc1ncc(Cl)cn1)C1(c2ccc(Br)cn2)CCC1. The lowest BCUT2D eigenvalue weighted by molar-refractivity contribution is -0.124. The minimum atomic E-state index is -0.580. The van der Waals surface area contributed by atoms with Crippen molar-refractivity contribution in [3.05, 3.63) is 45.9 Å². The number of hydrogen-bond acceptors (Lipinski definition) is 4. The Morgan fingerprint density at radius 2 is 1.90 bits per heavy atom. The van der Waals surface area contributed by atoms with Gasteiger partial charge in [0, 0.05) is 10.7 Å². The Labute approximate surface area is 135 Å². The maximum atomic E-state index is 12.6. The van der Waals surface area contributed by atoms with Crippen LogP contribution in [0, 0.1) is 0 Å². The fraction of sp³-hybridized carbons (Fsp3) is 0.286. The van der Waals surface area contributed by atoms with E-state index in [1.165, 1.54) is 12.4 Å². The molecule has 1 N–H and O–H groups in total. The van der Waals surface area contributed by atoms with Gasteiger partial charge >= 0.3 is 0 Å². The summed E-state index contributed by atoms with van der Waals surface area (Å²) in [5.74, 6) is 0.138. The number of pyridine rings is 1. The van der Waals surface area contributed by atoms with Crippen molar-refractivity contribution in [3.63, 3.8) is 0 Å². The van der Waals surface area contributed by atoms with Gasteiger partial charge in [-0.3, -0.25) is 15.1 Å². The van der Waals surface area contributed by atoms with Crippen LogP contribution in [0.3, 0.4) is 0 Å². The molecule has 0 radical (unpaired) electrons. The molecule has 0 unspecified atom stereocenters. The Balaban J connectivity index is 1.83. The van der Waals surface area contributed by atoms with Gasteiger partial charge in [0.1, 0.15) is 0 Å². The van der Waals surface area contributed by atoms with Gasteiger partial charge in [0.15, 0.2) is 0 Å². The second kappa shape index (κ2) is 5.69. The first-order valence-electron chi connectivity index (χ1n) is 6.51. The maximum Gasteiger partial charge on any atom is 0.238 e. The van der Waals surface area contributed by atoms with E-state index in [2.05, 4.69) is 36.2 Å². The molecule has 1 fully saturated rings. The van der Waals surface area contributed by atoms with Crippen molar-refractivity contribution in [3.8, 4) is 0 Å². The average Bonchev–Trinajstić information content (AvgIpc) is 2.42. The minimum absolute atomic E-state index is 0.120. The van der Waals surface area contributed by atoms with Crippen LogP contribution in [0.15, 0.2) is 35.2 Å². The molecule has 7 heteroatoms. The standard InChI is InChI=1S/C14H12BrClN4O/c15-9-2-3-11(17-6-9)14(4-1-5-14)12(21)20-13-18-7-10(16)8-19-13/h2-3,6-8H,1,4-5H2,(H,18,19,20,21). The molecule has 0 atom stereocenters. The lowest BCUT2D eigenvalue weighted by Gasteiger charge is -2.39. The zero-order valence-corrected chi connectivity index (χ0v) is 13.4. The summed E-state index contributed by atoms with van der Waals surface area (Å²) in [5.41, 5.74) is 0.201. The number of halogens is 2. The van der Waals surface area contributed by atoms with Crippen LogP contribution in [0.1, 0.15) is 25.0 Å². The van der Waals surface area contributed by atoms with Gasteiger partial charge in [-0.25, -0.2) is 9.97 Å². The Morgan fingerprint density at radius 3 is 2.43 bits per heavy atom. The Bertz CT molecular complexity index is 656. The molecule has 5 nitrogen and oxygen atoms in total. The van der Waals surface area contributed by atoms with Gasteiger partial charge in [-0.15, -0.1) is 0 Å². The molecule has 0 bridgehead atoms. The molecule has 1 aliphatic carbocycles. The molecule has 1 saturated carbocycles. The number of carbonyl (C=O) groups is 1. The summed E-state index contributed by atoms with van der Waals surface area (Å²) in [6, 6.07) is 3.78. The van der Waals surface area contributed by atoms with Gasteiger partial charge in [0.25, 0.3) is 0 Å². The van der Waals surface area contributed by atoms with Gasteiger partial charge in [0.2, 0.25) is 11.9 Å². The van der Waals surface area contributed by atoms with E-state index >= 15 is 0 Å². The highest BCUT2D eigenvalue weighted by molar-refractivity contribution is 9.10. The highest BCUT2D eigenvalue weighted by Crippen LogP contribution is 2.43. The molecule has 0 aromatic carbocycles. The molecule has 1 aliphatic rings. The number of nitrogens with zero attached hydrogens (tertiary/aromatic N) is 3. The largest absolute Gasteiger partial charge is 0.294 e. The van der Waals surface area contributed by atoms with E-state index in [1.54, 1.807) is 6.20 Å². The number of nitrogens with one attached hydrogen (secondary N) is 1. The topological polar surface area (TPSA) is 67.8 Å². The molecule has 3 rings (SSSR count). The summed E-state index contributed by atoms with van der Waals surface area (Å²) in [7, 11) is 0. The van der Waals surface area contributed by atoms with Crippen molar-refractivity contribution in [1.82, 2.24) is 15.0 Å². The van der Waals surface area contributed by atoms with E-state index in [4.69, 9.17) is 11.6 Å². The molecule has 0 saturated heterocycles. The van der Waals surface area contributed by atoms with E-state index < -0.39 is 5.41 Å². The van der Waals surface area contributed by atoms with E-state index in [0.717, 1.165) is 29.4 Å². The van der Waals surface area contributed by atoms with E-state index in [0.29, 0.717) is 5.02 Å². The van der Waals surface area contributed by atoms with Gasteiger partial charge in [-0.1, -0.05) is 18.0 Å². The number of amides is 1. The first-order valence-corrected chi connectivity index (χ1v) is 7.68. The maximum absolute atomic E-state index is 12.6.